The SMILES string of the molecule is CN(CCCC(=O)Nc1ccc(C#N)cc1)C1CCC1. The largest absolute Gasteiger partial charge is 0.326 e. The van der Waals surface area contributed by atoms with E-state index in [1.54, 1.807) is 24.3 Å². The lowest BCUT2D eigenvalue weighted by Crippen LogP contribution is -2.37. The van der Waals surface area contributed by atoms with E-state index in [4.69, 9.17) is 5.26 Å². The molecule has 0 bridgehead atoms. The van der Waals surface area contributed by atoms with Crippen LogP contribution in [0.15, 0.2) is 24.3 Å². The second kappa shape index (κ2) is 7.06. The molecule has 0 spiro atoms. The number of rotatable bonds is 6. The van der Waals surface area contributed by atoms with Crippen molar-refractivity contribution in [2.75, 3.05) is 18.9 Å². The van der Waals surface area contributed by atoms with Crippen molar-refractivity contribution in [3.05, 3.63) is 29.8 Å². The number of nitrogens with one attached hydrogen (secondary N) is 1. The zero-order valence-corrected chi connectivity index (χ0v) is 11.9. The fraction of sp³-hybridized carbons (Fsp3) is 0.500. The van der Waals surface area contributed by atoms with E-state index in [9.17, 15) is 4.79 Å². The third-order valence-corrected chi connectivity index (χ3v) is 3.91. The van der Waals surface area contributed by atoms with Gasteiger partial charge in [0.25, 0.3) is 0 Å². The minimum Gasteiger partial charge on any atom is -0.326 e. The van der Waals surface area contributed by atoms with E-state index in [1.165, 1.54) is 19.3 Å². The van der Waals surface area contributed by atoms with Crippen LogP contribution in [0.25, 0.3) is 0 Å². The number of nitrogens with zero attached hydrogens (tertiary/aromatic N) is 2. The quantitative estimate of drug-likeness (QED) is 0.865. The zero-order chi connectivity index (χ0) is 14.4. The van der Waals surface area contributed by atoms with Crippen LogP contribution in [0.1, 0.15) is 37.7 Å². The first kappa shape index (κ1) is 14.5. The summed E-state index contributed by atoms with van der Waals surface area (Å²) in [5.41, 5.74) is 1.35. The summed E-state index contributed by atoms with van der Waals surface area (Å²) in [7, 11) is 2.14. The van der Waals surface area contributed by atoms with Crippen molar-refractivity contribution in [1.29, 1.82) is 5.26 Å². The highest BCUT2D eigenvalue weighted by Gasteiger charge is 2.21. The Bertz CT molecular complexity index is 485. The highest BCUT2D eigenvalue weighted by Crippen LogP contribution is 2.23. The van der Waals surface area contributed by atoms with E-state index in [2.05, 4.69) is 23.3 Å². The Hall–Kier alpha value is -1.86. The first-order valence-corrected chi connectivity index (χ1v) is 7.19. The molecule has 0 atom stereocenters. The van der Waals surface area contributed by atoms with E-state index < -0.39 is 0 Å². The van der Waals surface area contributed by atoms with Crippen molar-refractivity contribution in [1.82, 2.24) is 4.90 Å². The molecule has 1 aliphatic rings. The summed E-state index contributed by atoms with van der Waals surface area (Å²) >= 11 is 0. The van der Waals surface area contributed by atoms with Crippen LogP contribution in [0.4, 0.5) is 5.69 Å². The van der Waals surface area contributed by atoms with Gasteiger partial charge in [-0.05, 0) is 57.1 Å². The van der Waals surface area contributed by atoms with Crippen molar-refractivity contribution < 1.29 is 4.79 Å². The molecule has 1 fully saturated rings. The van der Waals surface area contributed by atoms with Gasteiger partial charge in [0.2, 0.25) is 5.91 Å². The number of amides is 1. The molecule has 1 amide bonds. The zero-order valence-electron chi connectivity index (χ0n) is 11.9. The van der Waals surface area contributed by atoms with Crippen LogP contribution < -0.4 is 5.32 Å². The third-order valence-electron chi connectivity index (χ3n) is 3.91. The van der Waals surface area contributed by atoms with Gasteiger partial charge in [-0.3, -0.25) is 4.79 Å². The second-order valence-electron chi connectivity index (χ2n) is 5.41. The monoisotopic (exact) mass is 271 g/mol. The molecule has 1 aromatic carbocycles. The smallest absolute Gasteiger partial charge is 0.224 e. The third kappa shape index (κ3) is 4.07. The first-order valence-electron chi connectivity index (χ1n) is 7.19. The molecule has 20 heavy (non-hydrogen) atoms. The summed E-state index contributed by atoms with van der Waals surface area (Å²) in [6.07, 6.45) is 5.36. The molecule has 4 nitrogen and oxygen atoms in total. The summed E-state index contributed by atoms with van der Waals surface area (Å²) in [6.45, 7) is 0.978. The van der Waals surface area contributed by atoms with Gasteiger partial charge >= 0.3 is 0 Å². The Morgan fingerprint density at radius 3 is 2.65 bits per heavy atom. The maximum Gasteiger partial charge on any atom is 0.224 e. The summed E-state index contributed by atoms with van der Waals surface area (Å²) in [4.78, 5) is 14.2. The lowest BCUT2D eigenvalue weighted by atomic mass is 9.92. The Morgan fingerprint density at radius 2 is 2.10 bits per heavy atom. The van der Waals surface area contributed by atoms with Crippen molar-refractivity contribution in [2.24, 2.45) is 0 Å². The molecule has 1 aliphatic carbocycles. The molecular formula is C16H21N3O. The van der Waals surface area contributed by atoms with E-state index >= 15 is 0 Å². The van der Waals surface area contributed by atoms with Crippen LogP contribution in [0.3, 0.4) is 0 Å². The Morgan fingerprint density at radius 1 is 1.40 bits per heavy atom. The number of hydrogen-bond acceptors (Lipinski definition) is 3. The summed E-state index contributed by atoms with van der Waals surface area (Å²) in [5.74, 6) is 0.0386. The number of hydrogen-bond donors (Lipinski definition) is 1. The predicted octanol–water partition coefficient (Wildman–Crippen LogP) is 2.76. The van der Waals surface area contributed by atoms with E-state index in [0.29, 0.717) is 12.0 Å². The number of anilines is 1. The van der Waals surface area contributed by atoms with Crippen LogP contribution in [0.5, 0.6) is 0 Å². The van der Waals surface area contributed by atoms with Crippen LogP contribution in [0, 0.1) is 11.3 Å². The van der Waals surface area contributed by atoms with Gasteiger partial charge in [0, 0.05) is 18.2 Å². The maximum atomic E-state index is 11.8. The minimum absolute atomic E-state index is 0.0386. The summed E-state index contributed by atoms with van der Waals surface area (Å²) in [6, 6.07) is 9.73. The topological polar surface area (TPSA) is 56.1 Å². The first-order chi connectivity index (χ1) is 9.69. The van der Waals surface area contributed by atoms with Crippen LogP contribution in [0.2, 0.25) is 0 Å². The molecule has 4 heteroatoms. The molecule has 1 N–H and O–H groups in total. The Balaban J connectivity index is 1.68. The van der Waals surface area contributed by atoms with Crippen molar-refractivity contribution in [3.8, 4) is 6.07 Å². The Kier molecular flexibility index (Phi) is 5.14. The number of nitriles is 1. The average Bonchev–Trinajstić information content (AvgIpc) is 2.37. The summed E-state index contributed by atoms with van der Waals surface area (Å²) < 4.78 is 0. The molecule has 1 aromatic rings. The molecule has 0 aliphatic heterocycles. The number of carbonyl (C=O) groups is 1. The van der Waals surface area contributed by atoms with Gasteiger partial charge < -0.3 is 10.2 Å². The molecule has 0 radical (unpaired) electrons. The molecule has 0 heterocycles. The Labute approximate surface area is 120 Å². The fourth-order valence-corrected chi connectivity index (χ4v) is 2.35. The fourth-order valence-electron chi connectivity index (χ4n) is 2.35. The highest BCUT2D eigenvalue weighted by molar-refractivity contribution is 5.90. The molecule has 0 saturated heterocycles. The van der Waals surface area contributed by atoms with Gasteiger partial charge in [-0.2, -0.15) is 5.26 Å². The molecular weight excluding hydrogens is 250 g/mol. The predicted molar refractivity (Wildman–Crippen MR) is 79.3 cm³/mol. The summed E-state index contributed by atoms with van der Waals surface area (Å²) in [5, 5.41) is 11.6. The molecule has 0 aromatic heterocycles. The lowest BCUT2D eigenvalue weighted by molar-refractivity contribution is -0.116. The van der Waals surface area contributed by atoms with Crippen molar-refractivity contribution >= 4 is 11.6 Å². The number of benzene rings is 1. The van der Waals surface area contributed by atoms with Gasteiger partial charge in [-0.25, -0.2) is 0 Å². The number of carbonyl (C=O) groups excluding carboxylic acids is 1. The standard InChI is InChI=1S/C16H21N3O/c1-19(15-4-2-5-15)11-3-6-16(20)18-14-9-7-13(12-17)8-10-14/h7-10,15H,2-6,11H2,1H3,(H,18,20). The molecule has 2 rings (SSSR count). The molecule has 0 unspecified atom stereocenters. The van der Waals surface area contributed by atoms with Gasteiger partial charge in [0.05, 0.1) is 11.6 Å². The second-order valence-corrected chi connectivity index (χ2v) is 5.41. The lowest BCUT2D eigenvalue weighted by Gasteiger charge is -2.34. The molecule has 106 valence electrons. The van der Waals surface area contributed by atoms with Gasteiger partial charge in [0.15, 0.2) is 0 Å². The normalized spacial score (nSPS) is 14.7. The van der Waals surface area contributed by atoms with Crippen LogP contribution in [-0.4, -0.2) is 30.4 Å². The average molecular weight is 271 g/mol. The van der Waals surface area contributed by atoms with E-state index in [-0.39, 0.29) is 5.91 Å². The van der Waals surface area contributed by atoms with Gasteiger partial charge in [-0.15, -0.1) is 0 Å². The van der Waals surface area contributed by atoms with Crippen LogP contribution in [-0.2, 0) is 4.79 Å². The van der Waals surface area contributed by atoms with Crippen molar-refractivity contribution in [3.63, 3.8) is 0 Å². The highest BCUT2D eigenvalue weighted by atomic mass is 16.1. The maximum absolute atomic E-state index is 11.8. The van der Waals surface area contributed by atoms with Crippen molar-refractivity contribution in [2.45, 2.75) is 38.1 Å². The van der Waals surface area contributed by atoms with E-state index in [1.807, 2.05) is 0 Å². The van der Waals surface area contributed by atoms with Crippen LogP contribution >= 0.6 is 0 Å². The van der Waals surface area contributed by atoms with Gasteiger partial charge in [-0.1, -0.05) is 6.42 Å². The minimum atomic E-state index is 0.0386. The molecule has 1 saturated carbocycles. The van der Waals surface area contributed by atoms with Gasteiger partial charge in [0.1, 0.15) is 0 Å². The van der Waals surface area contributed by atoms with E-state index in [0.717, 1.165) is 24.7 Å².